The summed E-state index contributed by atoms with van der Waals surface area (Å²) in [5.74, 6) is 0. The Labute approximate surface area is 104 Å². The molecule has 1 aromatic rings. The van der Waals surface area contributed by atoms with Gasteiger partial charge in [-0.3, -0.25) is 9.88 Å². The van der Waals surface area contributed by atoms with Crippen LogP contribution in [0.2, 0.25) is 0 Å². The second-order valence-corrected chi connectivity index (χ2v) is 5.12. The lowest BCUT2D eigenvalue weighted by Crippen LogP contribution is -2.25. The smallest absolute Gasteiger partial charge is 0.0593 e. The molecular formula is C14H23N3. The lowest BCUT2D eigenvalue weighted by Gasteiger charge is -2.21. The van der Waals surface area contributed by atoms with Crippen LogP contribution in [0.15, 0.2) is 6.20 Å². The Balaban J connectivity index is 2.09. The summed E-state index contributed by atoms with van der Waals surface area (Å²) in [4.78, 5) is 7.05. The van der Waals surface area contributed by atoms with Crippen LogP contribution in [-0.4, -0.2) is 23.0 Å². The maximum atomic E-state index is 6.06. The number of nitrogen functional groups attached to an aromatic ring is 1. The van der Waals surface area contributed by atoms with E-state index in [9.17, 15) is 0 Å². The van der Waals surface area contributed by atoms with Gasteiger partial charge in [-0.25, -0.2) is 0 Å². The highest BCUT2D eigenvalue weighted by Gasteiger charge is 2.13. The summed E-state index contributed by atoms with van der Waals surface area (Å²) >= 11 is 0. The molecule has 0 aromatic carbocycles. The molecule has 1 aliphatic heterocycles. The van der Waals surface area contributed by atoms with Crippen molar-refractivity contribution in [3.05, 3.63) is 23.0 Å². The van der Waals surface area contributed by atoms with Gasteiger partial charge in [0.1, 0.15) is 0 Å². The number of hydrogen-bond acceptors (Lipinski definition) is 3. The summed E-state index contributed by atoms with van der Waals surface area (Å²) in [6.45, 7) is 7.47. The van der Waals surface area contributed by atoms with Gasteiger partial charge in [-0.2, -0.15) is 0 Å². The maximum absolute atomic E-state index is 6.06. The SMILES string of the molecule is Cc1cnc(CN2CCCCCC2)c(C)c1N. The highest BCUT2D eigenvalue weighted by Crippen LogP contribution is 2.20. The van der Waals surface area contributed by atoms with Gasteiger partial charge >= 0.3 is 0 Å². The first kappa shape index (κ1) is 12.4. The lowest BCUT2D eigenvalue weighted by atomic mass is 10.1. The van der Waals surface area contributed by atoms with Crippen LogP contribution in [0.3, 0.4) is 0 Å². The average molecular weight is 233 g/mol. The normalized spacial score (nSPS) is 18.0. The van der Waals surface area contributed by atoms with Crippen molar-refractivity contribution in [2.45, 2.75) is 46.1 Å². The molecule has 0 radical (unpaired) electrons. The van der Waals surface area contributed by atoms with Crippen molar-refractivity contribution in [2.75, 3.05) is 18.8 Å². The second kappa shape index (κ2) is 5.50. The van der Waals surface area contributed by atoms with Crippen LogP contribution in [0.5, 0.6) is 0 Å². The first-order valence-electron chi connectivity index (χ1n) is 6.61. The van der Waals surface area contributed by atoms with Crippen LogP contribution < -0.4 is 5.73 Å². The van der Waals surface area contributed by atoms with Gasteiger partial charge in [-0.1, -0.05) is 12.8 Å². The van der Waals surface area contributed by atoms with E-state index in [1.165, 1.54) is 38.8 Å². The van der Waals surface area contributed by atoms with Gasteiger partial charge in [0.05, 0.1) is 5.69 Å². The van der Waals surface area contributed by atoms with Crippen molar-refractivity contribution in [3.63, 3.8) is 0 Å². The summed E-state index contributed by atoms with van der Waals surface area (Å²) in [5, 5.41) is 0. The molecule has 1 aromatic heterocycles. The van der Waals surface area contributed by atoms with E-state index in [4.69, 9.17) is 5.73 Å². The number of aryl methyl sites for hydroxylation is 1. The fraction of sp³-hybridized carbons (Fsp3) is 0.643. The van der Waals surface area contributed by atoms with Gasteiger partial charge in [-0.05, 0) is 50.9 Å². The first-order chi connectivity index (χ1) is 8.18. The van der Waals surface area contributed by atoms with Gasteiger partial charge in [0.15, 0.2) is 0 Å². The van der Waals surface area contributed by atoms with Crippen LogP contribution in [0.25, 0.3) is 0 Å². The Hall–Kier alpha value is -1.09. The minimum atomic E-state index is 0.907. The molecule has 1 fully saturated rings. The summed E-state index contributed by atoms with van der Waals surface area (Å²) < 4.78 is 0. The molecule has 2 heterocycles. The van der Waals surface area contributed by atoms with Crippen LogP contribution in [0, 0.1) is 13.8 Å². The minimum Gasteiger partial charge on any atom is -0.398 e. The first-order valence-corrected chi connectivity index (χ1v) is 6.61. The van der Waals surface area contributed by atoms with Crippen LogP contribution in [-0.2, 0) is 6.54 Å². The molecule has 0 amide bonds. The summed E-state index contributed by atoms with van der Waals surface area (Å²) in [6, 6.07) is 0. The monoisotopic (exact) mass is 233 g/mol. The number of aromatic nitrogens is 1. The van der Waals surface area contributed by atoms with Gasteiger partial charge < -0.3 is 5.73 Å². The largest absolute Gasteiger partial charge is 0.398 e. The molecule has 2 N–H and O–H groups in total. The number of pyridine rings is 1. The third-order valence-electron chi connectivity index (χ3n) is 3.75. The maximum Gasteiger partial charge on any atom is 0.0593 e. The molecule has 1 aliphatic rings. The second-order valence-electron chi connectivity index (χ2n) is 5.12. The molecule has 0 aliphatic carbocycles. The lowest BCUT2D eigenvalue weighted by molar-refractivity contribution is 0.273. The fourth-order valence-electron chi connectivity index (χ4n) is 2.46. The molecule has 0 saturated carbocycles. The van der Waals surface area contributed by atoms with E-state index in [2.05, 4.69) is 16.8 Å². The third-order valence-corrected chi connectivity index (χ3v) is 3.75. The number of nitrogens with zero attached hydrogens (tertiary/aromatic N) is 2. The zero-order valence-electron chi connectivity index (χ0n) is 11.0. The molecule has 0 atom stereocenters. The highest BCUT2D eigenvalue weighted by molar-refractivity contribution is 5.53. The Kier molecular flexibility index (Phi) is 4.00. The Morgan fingerprint density at radius 3 is 2.47 bits per heavy atom. The minimum absolute atomic E-state index is 0.907. The summed E-state index contributed by atoms with van der Waals surface area (Å²) in [5.41, 5.74) is 10.4. The van der Waals surface area contributed by atoms with E-state index < -0.39 is 0 Å². The molecular weight excluding hydrogens is 210 g/mol. The molecule has 94 valence electrons. The van der Waals surface area contributed by atoms with E-state index in [1.54, 1.807) is 0 Å². The molecule has 0 spiro atoms. The van der Waals surface area contributed by atoms with Gasteiger partial charge in [-0.15, -0.1) is 0 Å². The van der Waals surface area contributed by atoms with Crippen molar-refractivity contribution < 1.29 is 0 Å². The predicted octanol–water partition coefficient (Wildman–Crippen LogP) is 2.66. The van der Waals surface area contributed by atoms with Crippen molar-refractivity contribution >= 4 is 5.69 Å². The molecule has 3 nitrogen and oxygen atoms in total. The van der Waals surface area contributed by atoms with E-state index >= 15 is 0 Å². The van der Waals surface area contributed by atoms with Crippen molar-refractivity contribution in [2.24, 2.45) is 0 Å². The molecule has 3 heteroatoms. The van der Waals surface area contributed by atoms with Crippen molar-refractivity contribution in [1.29, 1.82) is 0 Å². The van der Waals surface area contributed by atoms with E-state index in [0.29, 0.717) is 0 Å². The van der Waals surface area contributed by atoms with E-state index in [-0.39, 0.29) is 0 Å². The quantitative estimate of drug-likeness (QED) is 0.854. The zero-order chi connectivity index (χ0) is 12.3. The standard InChI is InChI=1S/C14H23N3/c1-11-9-16-13(12(2)14(11)15)10-17-7-5-3-4-6-8-17/h9H,3-8,10H2,1-2H3,(H2,15,16). The fourth-order valence-corrected chi connectivity index (χ4v) is 2.46. The van der Waals surface area contributed by atoms with Crippen LogP contribution in [0.1, 0.15) is 42.5 Å². The number of rotatable bonds is 2. The van der Waals surface area contributed by atoms with Crippen LogP contribution >= 0.6 is 0 Å². The van der Waals surface area contributed by atoms with Crippen LogP contribution in [0.4, 0.5) is 5.69 Å². The number of hydrogen-bond donors (Lipinski definition) is 1. The molecule has 0 unspecified atom stereocenters. The zero-order valence-corrected chi connectivity index (χ0v) is 11.0. The Bertz CT molecular complexity index is 379. The Morgan fingerprint density at radius 2 is 1.82 bits per heavy atom. The topological polar surface area (TPSA) is 42.2 Å². The number of anilines is 1. The van der Waals surface area contributed by atoms with Gasteiger partial charge in [0.2, 0.25) is 0 Å². The third kappa shape index (κ3) is 2.97. The number of likely N-dealkylation sites (tertiary alicyclic amines) is 1. The summed E-state index contributed by atoms with van der Waals surface area (Å²) in [7, 11) is 0. The highest BCUT2D eigenvalue weighted by atomic mass is 15.1. The Morgan fingerprint density at radius 1 is 1.18 bits per heavy atom. The molecule has 2 rings (SSSR count). The number of nitrogens with two attached hydrogens (primary N) is 1. The average Bonchev–Trinajstić information content (AvgIpc) is 2.59. The summed E-state index contributed by atoms with van der Waals surface area (Å²) in [6.07, 6.45) is 7.29. The van der Waals surface area contributed by atoms with Gasteiger partial charge in [0, 0.05) is 18.4 Å². The predicted molar refractivity (Wildman–Crippen MR) is 71.9 cm³/mol. The molecule has 0 bridgehead atoms. The van der Waals surface area contributed by atoms with Crippen molar-refractivity contribution in [3.8, 4) is 0 Å². The van der Waals surface area contributed by atoms with E-state index in [1.807, 2.05) is 13.1 Å². The molecule has 1 saturated heterocycles. The van der Waals surface area contributed by atoms with Crippen molar-refractivity contribution in [1.82, 2.24) is 9.88 Å². The van der Waals surface area contributed by atoms with Gasteiger partial charge in [0.25, 0.3) is 0 Å². The molecule has 17 heavy (non-hydrogen) atoms. The van der Waals surface area contributed by atoms with E-state index in [0.717, 1.165) is 29.1 Å².